The fourth-order valence-electron chi connectivity index (χ4n) is 4.84. The van der Waals surface area contributed by atoms with Gasteiger partial charge in [0.05, 0.1) is 23.9 Å². The minimum Gasteiger partial charge on any atom is -0.748 e. The predicted molar refractivity (Wildman–Crippen MR) is 176 cm³/mol. The van der Waals surface area contributed by atoms with Gasteiger partial charge in [-0.3, -0.25) is 4.55 Å². The molecule has 1 N–H and O–H groups in total. The SMILES string of the molecule is COc1ccc2sc(/C=C(C)/C=C3\Sc4ccc(-c5ccccc5)cc4N3CC(C)S(=O)(=O)O)[n+](CC(C)S(=O)(=O)[O-])c2c1. The number of anilines is 1. The summed E-state index contributed by atoms with van der Waals surface area (Å²) in [5.41, 5.74) is 4.41. The Bertz CT molecular complexity index is 1990. The lowest BCUT2D eigenvalue weighted by Gasteiger charge is -2.23. The number of fused-ring (bicyclic) bond motifs is 2. The Hall–Kier alpha value is -3.20. The molecule has 44 heavy (non-hydrogen) atoms. The maximum absolute atomic E-state index is 12.0. The molecule has 0 amide bonds. The molecule has 0 spiro atoms. The third kappa shape index (κ3) is 7.03. The van der Waals surface area contributed by atoms with Crippen LogP contribution in [0.3, 0.4) is 0 Å². The molecule has 1 aliphatic rings. The quantitative estimate of drug-likeness (QED) is 0.161. The number of thioether (sulfide) groups is 1. The van der Waals surface area contributed by atoms with Crippen LogP contribution < -0.4 is 14.2 Å². The average molecular weight is 673 g/mol. The Morgan fingerprint density at radius 3 is 2.41 bits per heavy atom. The van der Waals surface area contributed by atoms with Crippen LogP contribution in [0.4, 0.5) is 5.69 Å². The van der Waals surface area contributed by atoms with Gasteiger partial charge in [-0.2, -0.15) is 13.0 Å². The minimum absolute atomic E-state index is 0.0326. The van der Waals surface area contributed by atoms with Crippen LogP contribution in [0, 0.1) is 0 Å². The van der Waals surface area contributed by atoms with Crippen LogP contribution in [0.2, 0.25) is 0 Å². The standard InChI is InChI=1S/C31H32N2O7S4/c1-20(15-31-33(19-22(3)44(37,38)39)27-17-25(40-4)11-13-29(27)42-31)14-30-32(18-21(2)43(34,35)36)26-16-24(10-12-28(26)41-30)23-8-6-5-7-9-23/h5-17,21-22H,18-19H2,1-4H3,(H-,34,35,36,37,38,39). The second-order valence-electron chi connectivity index (χ2n) is 10.6. The van der Waals surface area contributed by atoms with Gasteiger partial charge in [-0.15, -0.1) is 0 Å². The average Bonchev–Trinajstić information content (AvgIpc) is 3.48. The van der Waals surface area contributed by atoms with Gasteiger partial charge in [-0.05, 0) is 67.8 Å². The molecule has 13 heteroatoms. The van der Waals surface area contributed by atoms with E-state index in [2.05, 4.69) is 0 Å². The number of nitrogens with zero attached hydrogens (tertiary/aromatic N) is 2. The van der Waals surface area contributed by atoms with Crippen molar-refractivity contribution in [2.24, 2.45) is 0 Å². The Morgan fingerprint density at radius 1 is 1.02 bits per heavy atom. The van der Waals surface area contributed by atoms with Gasteiger partial charge < -0.3 is 14.2 Å². The summed E-state index contributed by atoms with van der Waals surface area (Å²) in [6.07, 6.45) is 3.85. The van der Waals surface area contributed by atoms with Crippen molar-refractivity contribution in [1.82, 2.24) is 0 Å². The van der Waals surface area contributed by atoms with Crippen molar-refractivity contribution < 1.29 is 35.2 Å². The van der Waals surface area contributed by atoms with Crippen LogP contribution in [0.25, 0.3) is 27.4 Å². The fraction of sp³-hybridized carbons (Fsp3) is 0.258. The Labute approximate surface area is 266 Å². The molecular formula is C31H32N2O7S4. The number of thiazole rings is 1. The fourth-order valence-corrected chi connectivity index (χ4v) is 7.84. The first kappa shape index (κ1) is 32.2. The Balaban J connectivity index is 1.57. The monoisotopic (exact) mass is 672 g/mol. The maximum atomic E-state index is 12.0. The summed E-state index contributed by atoms with van der Waals surface area (Å²) in [7, 11) is -7.26. The Morgan fingerprint density at radius 2 is 1.75 bits per heavy atom. The highest BCUT2D eigenvalue weighted by molar-refractivity contribution is 8.03. The number of ether oxygens (including phenoxy) is 1. The van der Waals surface area contributed by atoms with Crippen LogP contribution in [0.15, 0.2) is 88.3 Å². The normalized spacial score (nSPS) is 16.4. The van der Waals surface area contributed by atoms with E-state index in [4.69, 9.17) is 4.74 Å². The lowest BCUT2D eigenvalue weighted by molar-refractivity contribution is -0.667. The summed E-state index contributed by atoms with van der Waals surface area (Å²) in [4.78, 5) is 2.85. The van der Waals surface area contributed by atoms with Crippen molar-refractivity contribution in [3.05, 3.63) is 88.4 Å². The third-order valence-corrected chi connectivity index (χ3v) is 11.9. The predicted octanol–water partition coefficient (Wildman–Crippen LogP) is 5.93. The zero-order chi connectivity index (χ0) is 31.8. The van der Waals surface area contributed by atoms with E-state index < -0.39 is 30.7 Å². The first-order valence-corrected chi connectivity index (χ1v) is 18.3. The number of methoxy groups -OCH3 is 1. The van der Waals surface area contributed by atoms with Gasteiger partial charge in [0.25, 0.3) is 15.1 Å². The summed E-state index contributed by atoms with van der Waals surface area (Å²) in [6.45, 7) is 4.77. The summed E-state index contributed by atoms with van der Waals surface area (Å²) in [6, 6.07) is 21.5. The van der Waals surface area contributed by atoms with Crippen LogP contribution in [0.5, 0.6) is 5.75 Å². The summed E-state index contributed by atoms with van der Waals surface area (Å²) >= 11 is 2.95. The maximum Gasteiger partial charge on any atom is 0.269 e. The first-order chi connectivity index (χ1) is 20.7. The zero-order valence-electron chi connectivity index (χ0n) is 24.5. The van der Waals surface area contributed by atoms with Crippen LogP contribution in [0.1, 0.15) is 25.8 Å². The van der Waals surface area contributed by atoms with Crippen molar-refractivity contribution >= 4 is 65.3 Å². The van der Waals surface area contributed by atoms with Gasteiger partial charge in [-0.1, -0.05) is 59.5 Å². The summed E-state index contributed by atoms with van der Waals surface area (Å²) < 4.78 is 77.4. The molecule has 1 aromatic heterocycles. The van der Waals surface area contributed by atoms with E-state index in [1.165, 1.54) is 36.9 Å². The highest BCUT2D eigenvalue weighted by Gasteiger charge is 2.31. The molecular weight excluding hydrogens is 641 g/mol. The smallest absolute Gasteiger partial charge is 0.269 e. The topological polar surface area (TPSA) is 128 Å². The van der Waals surface area contributed by atoms with Crippen LogP contribution in [-0.2, 0) is 26.8 Å². The lowest BCUT2D eigenvalue weighted by atomic mass is 10.0. The van der Waals surface area contributed by atoms with Crippen molar-refractivity contribution in [2.45, 2.75) is 42.7 Å². The number of rotatable bonds is 10. The third-order valence-electron chi connectivity index (χ3n) is 7.36. The molecule has 2 heterocycles. The van der Waals surface area contributed by atoms with E-state index in [0.29, 0.717) is 5.75 Å². The van der Waals surface area contributed by atoms with E-state index in [9.17, 15) is 25.9 Å². The molecule has 232 valence electrons. The molecule has 0 saturated carbocycles. The highest BCUT2D eigenvalue weighted by atomic mass is 32.2. The van der Waals surface area contributed by atoms with E-state index >= 15 is 0 Å². The second kappa shape index (κ2) is 12.7. The zero-order valence-corrected chi connectivity index (χ0v) is 27.8. The van der Waals surface area contributed by atoms with E-state index in [-0.39, 0.29) is 13.1 Å². The van der Waals surface area contributed by atoms with Gasteiger partial charge in [-0.25, -0.2) is 8.42 Å². The summed E-state index contributed by atoms with van der Waals surface area (Å²) in [5, 5.41) is -0.682. The number of allylic oxidation sites excluding steroid dienone is 2. The molecule has 0 aliphatic carbocycles. The van der Waals surface area contributed by atoms with Crippen LogP contribution >= 0.6 is 23.1 Å². The van der Waals surface area contributed by atoms with E-state index in [1.807, 2.05) is 95.3 Å². The molecule has 0 fully saturated rings. The van der Waals surface area contributed by atoms with Crippen LogP contribution in [-0.4, -0.2) is 50.1 Å². The molecule has 0 bridgehead atoms. The summed E-state index contributed by atoms with van der Waals surface area (Å²) in [5.74, 6) is 0.606. The molecule has 5 rings (SSSR count). The van der Waals surface area contributed by atoms with E-state index in [1.54, 1.807) is 7.11 Å². The Kier molecular flexibility index (Phi) is 9.26. The van der Waals surface area contributed by atoms with E-state index in [0.717, 1.165) is 47.5 Å². The number of aromatic nitrogens is 1. The van der Waals surface area contributed by atoms with Gasteiger partial charge in [0.15, 0.2) is 6.54 Å². The second-order valence-corrected chi connectivity index (χ2v) is 16.4. The van der Waals surface area contributed by atoms with Gasteiger partial charge in [0.1, 0.15) is 31.1 Å². The first-order valence-electron chi connectivity index (χ1n) is 13.7. The van der Waals surface area contributed by atoms with Crippen molar-refractivity contribution in [2.75, 3.05) is 18.6 Å². The molecule has 1 aliphatic heterocycles. The number of hydrogen-bond donors (Lipinski definition) is 1. The molecule has 9 nitrogen and oxygen atoms in total. The molecule has 2 atom stereocenters. The molecule has 2 unspecified atom stereocenters. The van der Waals surface area contributed by atoms with Crippen molar-refractivity contribution in [3.63, 3.8) is 0 Å². The largest absolute Gasteiger partial charge is 0.748 e. The highest BCUT2D eigenvalue weighted by Crippen LogP contribution is 2.48. The minimum atomic E-state index is -4.52. The number of hydrogen-bond acceptors (Lipinski definition) is 9. The molecule has 4 aromatic rings. The molecule has 3 aromatic carbocycles. The van der Waals surface area contributed by atoms with Gasteiger partial charge in [0.2, 0.25) is 5.52 Å². The molecule has 0 radical (unpaired) electrons. The molecule has 0 saturated heterocycles. The van der Waals surface area contributed by atoms with Crippen molar-refractivity contribution in [1.29, 1.82) is 0 Å². The lowest BCUT2D eigenvalue weighted by Crippen LogP contribution is -2.42. The van der Waals surface area contributed by atoms with Crippen molar-refractivity contribution in [3.8, 4) is 16.9 Å². The van der Waals surface area contributed by atoms with Gasteiger partial charge in [0, 0.05) is 17.5 Å². The van der Waals surface area contributed by atoms with Gasteiger partial charge >= 0.3 is 0 Å². The number of benzene rings is 3.